The second-order valence-corrected chi connectivity index (χ2v) is 5.22. The molecule has 0 atom stereocenters. The normalized spacial score (nSPS) is 11.3. The van der Waals surface area contributed by atoms with Gasteiger partial charge in [0, 0.05) is 6.07 Å². The van der Waals surface area contributed by atoms with E-state index in [1.165, 1.54) is 12.1 Å². The molecule has 0 saturated heterocycles. The van der Waals surface area contributed by atoms with Crippen LogP contribution in [0.5, 0.6) is 0 Å². The lowest BCUT2D eigenvalue weighted by atomic mass is 10.2. The van der Waals surface area contributed by atoms with Crippen molar-refractivity contribution in [2.24, 2.45) is 0 Å². The molecular weight excluding hydrogens is 355 g/mol. The SMILES string of the molecule is COC(=O)c1ccc(Sc2nnc(C(F)(F)F)n2N)c([N+](=O)[O-])c1. The topological polar surface area (TPSA) is 126 Å². The smallest absolute Gasteiger partial charge is 0.453 e. The van der Waals surface area contributed by atoms with Gasteiger partial charge in [-0.2, -0.15) is 13.2 Å². The monoisotopic (exact) mass is 363 g/mol. The summed E-state index contributed by atoms with van der Waals surface area (Å²) in [5, 5.41) is 16.9. The first kappa shape index (κ1) is 17.5. The lowest BCUT2D eigenvalue weighted by molar-refractivity contribution is -0.387. The number of ether oxygens (including phenoxy) is 1. The van der Waals surface area contributed by atoms with Crippen LogP contribution in [0.1, 0.15) is 16.2 Å². The maximum atomic E-state index is 12.6. The fourth-order valence-corrected chi connectivity index (χ4v) is 2.47. The third-order valence-electron chi connectivity index (χ3n) is 2.70. The summed E-state index contributed by atoms with van der Waals surface area (Å²) in [6.45, 7) is 0. The number of hydrogen-bond acceptors (Lipinski definition) is 8. The number of esters is 1. The first-order valence-electron chi connectivity index (χ1n) is 5.97. The number of rotatable bonds is 4. The van der Waals surface area contributed by atoms with Gasteiger partial charge in [-0.25, -0.2) is 9.47 Å². The van der Waals surface area contributed by atoms with Gasteiger partial charge < -0.3 is 10.6 Å². The second kappa shape index (κ2) is 6.35. The molecule has 24 heavy (non-hydrogen) atoms. The fraction of sp³-hybridized carbons (Fsp3) is 0.182. The van der Waals surface area contributed by atoms with Crippen LogP contribution >= 0.6 is 11.8 Å². The molecule has 0 fully saturated rings. The summed E-state index contributed by atoms with van der Waals surface area (Å²) in [6.07, 6.45) is -4.82. The van der Waals surface area contributed by atoms with Crippen molar-refractivity contribution < 1.29 is 27.6 Å². The third-order valence-corrected chi connectivity index (χ3v) is 3.72. The Bertz CT molecular complexity index is 807. The Morgan fingerprint density at radius 2 is 2.08 bits per heavy atom. The minimum Gasteiger partial charge on any atom is -0.465 e. The van der Waals surface area contributed by atoms with Gasteiger partial charge in [-0.05, 0) is 23.9 Å². The Labute approximate surface area is 135 Å². The quantitative estimate of drug-likeness (QED) is 0.377. The van der Waals surface area contributed by atoms with Crippen LogP contribution in [0, 0.1) is 10.1 Å². The minimum absolute atomic E-state index is 0.0690. The van der Waals surface area contributed by atoms with Crippen LogP contribution in [0.25, 0.3) is 0 Å². The molecule has 2 aromatic rings. The molecule has 0 amide bonds. The largest absolute Gasteiger partial charge is 0.465 e. The van der Waals surface area contributed by atoms with E-state index in [9.17, 15) is 28.1 Å². The number of nitrogen functional groups attached to an aromatic ring is 1. The second-order valence-electron chi connectivity index (χ2n) is 4.21. The maximum absolute atomic E-state index is 12.6. The molecule has 2 rings (SSSR count). The van der Waals surface area contributed by atoms with E-state index in [1.54, 1.807) is 0 Å². The Morgan fingerprint density at radius 3 is 2.58 bits per heavy atom. The van der Waals surface area contributed by atoms with Crippen LogP contribution < -0.4 is 5.84 Å². The Morgan fingerprint density at radius 1 is 1.42 bits per heavy atom. The summed E-state index contributed by atoms with van der Waals surface area (Å²) in [5.74, 6) is 3.03. The van der Waals surface area contributed by atoms with Gasteiger partial charge in [-0.3, -0.25) is 10.1 Å². The van der Waals surface area contributed by atoms with Crippen molar-refractivity contribution in [3.05, 3.63) is 39.7 Å². The number of halogens is 3. The van der Waals surface area contributed by atoms with Crippen LogP contribution in [-0.4, -0.2) is 32.9 Å². The van der Waals surface area contributed by atoms with Crippen LogP contribution in [0.3, 0.4) is 0 Å². The predicted octanol–water partition coefficient (Wildman–Crippen LogP) is 1.86. The first-order chi connectivity index (χ1) is 11.1. The van der Waals surface area contributed by atoms with Gasteiger partial charge in [0.15, 0.2) is 0 Å². The summed E-state index contributed by atoms with van der Waals surface area (Å²) in [6, 6.07) is 3.34. The summed E-state index contributed by atoms with van der Waals surface area (Å²) < 4.78 is 42.5. The van der Waals surface area contributed by atoms with Crippen LogP contribution in [0.2, 0.25) is 0 Å². The molecule has 0 saturated carbocycles. The van der Waals surface area contributed by atoms with E-state index >= 15 is 0 Å². The number of methoxy groups -OCH3 is 1. The summed E-state index contributed by atoms with van der Waals surface area (Å²) in [7, 11) is 1.10. The maximum Gasteiger partial charge on any atom is 0.453 e. The number of carbonyl (C=O) groups excluding carboxylic acids is 1. The molecule has 0 aliphatic rings. The lowest BCUT2D eigenvalue weighted by Gasteiger charge is -2.07. The molecule has 2 N–H and O–H groups in total. The van der Waals surface area contributed by atoms with E-state index < -0.39 is 33.7 Å². The van der Waals surface area contributed by atoms with E-state index in [2.05, 4.69) is 14.9 Å². The van der Waals surface area contributed by atoms with Gasteiger partial charge >= 0.3 is 12.1 Å². The highest BCUT2D eigenvalue weighted by atomic mass is 32.2. The standard InChI is InChI=1S/C11H8F3N5O4S/c1-23-8(20)5-2-3-7(6(4-5)19(21)22)24-10-17-16-9(18(10)15)11(12,13)14/h2-4H,15H2,1H3. The molecule has 1 heterocycles. The van der Waals surface area contributed by atoms with E-state index in [-0.39, 0.29) is 15.1 Å². The van der Waals surface area contributed by atoms with Gasteiger partial charge in [0.05, 0.1) is 22.5 Å². The average molecular weight is 363 g/mol. The highest BCUT2D eigenvalue weighted by Crippen LogP contribution is 2.36. The molecule has 13 heteroatoms. The van der Waals surface area contributed by atoms with E-state index in [1.807, 2.05) is 0 Å². The third kappa shape index (κ3) is 3.40. The van der Waals surface area contributed by atoms with E-state index in [4.69, 9.17) is 5.84 Å². The number of nitro benzene ring substituents is 1. The van der Waals surface area contributed by atoms with Crippen molar-refractivity contribution in [2.45, 2.75) is 16.2 Å². The molecule has 0 bridgehead atoms. The first-order valence-corrected chi connectivity index (χ1v) is 6.79. The van der Waals surface area contributed by atoms with Crippen LogP contribution in [0.4, 0.5) is 18.9 Å². The van der Waals surface area contributed by atoms with E-state index in [0.717, 1.165) is 13.2 Å². The average Bonchev–Trinajstić information content (AvgIpc) is 2.87. The molecule has 0 aliphatic heterocycles. The van der Waals surface area contributed by atoms with Crippen molar-refractivity contribution in [3.63, 3.8) is 0 Å². The van der Waals surface area contributed by atoms with Gasteiger partial charge in [0.2, 0.25) is 5.16 Å². The zero-order chi connectivity index (χ0) is 18.1. The molecule has 1 aromatic heterocycles. The molecule has 0 spiro atoms. The molecular formula is C11H8F3N5O4S. The van der Waals surface area contributed by atoms with Crippen LogP contribution in [0.15, 0.2) is 28.3 Å². The predicted molar refractivity (Wildman–Crippen MR) is 73.7 cm³/mol. The molecule has 0 unspecified atom stereocenters. The summed E-state index contributed by atoms with van der Waals surface area (Å²) in [4.78, 5) is 21.6. The van der Waals surface area contributed by atoms with Crippen LogP contribution in [-0.2, 0) is 10.9 Å². The highest BCUT2D eigenvalue weighted by Gasteiger charge is 2.38. The molecule has 9 nitrogen and oxygen atoms in total. The fourth-order valence-electron chi connectivity index (χ4n) is 1.63. The Balaban J connectivity index is 2.42. The van der Waals surface area contributed by atoms with Gasteiger partial charge in [-0.1, -0.05) is 0 Å². The van der Waals surface area contributed by atoms with Crippen molar-refractivity contribution in [1.29, 1.82) is 0 Å². The van der Waals surface area contributed by atoms with Gasteiger partial charge in [0.1, 0.15) is 0 Å². The molecule has 128 valence electrons. The number of aromatic nitrogens is 3. The van der Waals surface area contributed by atoms with E-state index in [0.29, 0.717) is 11.8 Å². The minimum atomic E-state index is -4.82. The Kier molecular flexibility index (Phi) is 4.64. The summed E-state index contributed by atoms with van der Waals surface area (Å²) >= 11 is 0.505. The zero-order valence-corrected chi connectivity index (χ0v) is 12.6. The Hall–Kier alpha value is -2.83. The summed E-state index contributed by atoms with van der Waals surface area (Å²) in [5.41, 5.74) is -0.599. The van der Waals surface area contributed by atoms with Gasteiger partial charge in [-0.15, -0.1) is 10.2 Å². The number of nitrogens with zero attached hydrogens (tertiary/aromatic N) is 4. The number of benzene rings is 1. The number of nitro groups is 1. The number of carbonyl (C=O) groups is 1. The number of hydrogen-bond donors (Lipinski definition) is 1. The number of alkyl halides is 3. The van der Waals surface area contributed by atoms with Crippen molar-refractivity contribution in [1.82, 2.24) is 14.9 Å². The lowest BCUT2D eigenvalue weighted by Crippen LogP contribution is -2.21. The molecule has 0 radical (unpaired) electrons. The molecule has 1 aromatic carbocycles. The van der Waals surface area contributed by atoms with Gasteiger partial charge in [0.25, 0.3) is 11.5 Å². The zero-order valence-electron chi connectivity index (χ0n) is 11.8. The highest BCUT2D eigenvalue weighted by molar-refractivity contribution is 7.99. The molecule has 0 aliphatic carbocycles. The number of nitrogens with two attached hydrogens (primary N) is 1. The van der Waals surface area contributed by atoms with Crippen molar-refractivity contribution in [3.8, 4) is 0 Å². The van der Waals surface area contributed by atoms with Crippen molar-refractivity contribution in [2.75, 3.05) is 13.0 Å². The van der Waals surface area contributed by atoms with Crippen molar-refractivity contribution >= 4 is 23.4 Å².